The van der Waals surface area contributed by atoms with Gasteiger partial charge in [0.25, 0.3) is 0 Å². The zero-order valence-electron chi connectivity index (χ0n) is 5.26. The zero-order valence-corrected chi connectivity index (χ0v) is 5.26. The van der Waals surface area contributed by atoms with Crippen molar-refractivity contribution in [1.29, 1.82) is 0 Å². The quantitative estimate of drug-likeness (QED) is 0.424. The highest BCUT2D eigenvalue weighted by Gasteiger charge is 1.88. The summed E-state index contributed by atoms with van der Waals surface area (Å²) in [5, 5.41) is 2.34. The van der Waals surface area contributed by atoms with Crippen molar-refractivity contribution in [3.8, 4) is 0 Å². The number of amides is 1. The third-order valence-electron chi connectivity index (χ3n) is 0.678. The molecule has 3 nitrogen and oxygen atoms in total. The van der Waals surface area contributed by atoms with Crippen LogP contribution in [0.3, 0.4) is 0 Å². The van der Waals surface area contributed by atoms with Crippen LogP contribution in [0.15, 0.2) is 12.2 Å². The van der Waals surface area contributed by atoms with Crippen LogP contribution in [0.25, 0.3) is 0 Å². The fraction of sp³-hybridized carbons (Fsp3) is 0.333. The maximum Gasteiger partial charge on any atom is 0.244 e. The highest BCUT2D eigenvalue weighted by atomic mass is 16.2. The Morgan fingerprint density at radius 2 is 2.33 bits per heavy atom. The van der Waals surface area contributed by atoms with E-state index in [9.17, 15) is 9.59 Å². The third kappa shape index (κ3) is 4.74. The summed E-state index contributed by atoms with van der Waals surface area (Å²) in [6, 6.07) is 0. The first kappa shape index (κ1) is 7.88. The summed E-state index contributed by atoms with van der Waals surface area (Å²) in [5.74, 6) is -0.232. The molecule has 50 valence electrons. The van der Waals surface area contributed by atoms with Crippen LogP contribution in [0.4, 0.5) is 0 Å². The van der Waals surface area contributed by atoms with Crippen molar-refractivity contribution in [3.05, 3.63) is 12.2 Å². The molecule has 0 saturated carbocycles. The summed E-state index contributed by atoms with van der Waals surface area (Å²) in [4.78, 5) is 20.1. The molecule has 0 unspecified atom stereocenters. The van der Waals surface area contributed by atoms with Gasteiger partial charge in [0, 0.05) is 0 Å². The second kappa shape index (κ2) is 5.03. The third-order valence-corrected chi connectivity index (χ3v) is 0.678. The first-order valence-corrected chi connectivity index (χ1v) is 2.65. The van der Waals surface area contributed by atoms with Gasteiger partial charge in [-0.1, -0.05) is 6.08 Å². The van der Waals surface area contributed by atoms with Crippen LogP contribution in [0, 0.1) is 0 Å². The van der Waals surface area contributed by atoms with Crippen molar-refractivity contribution >= 4 is 12.2 Å². The molecule has 0 aliphatic rings. The van der Waals surface area contributed by atoms with E-state index in [0.29, 0.717) is 6.29 Å². The Hall–Kier alpha value is -1.12. The van der Waals surface area contributed by atoms with E-state index in [1.165, 1.54) is 6.08 Å². The Morgan fingerprint density at radius 1 is 1.67 bits per heavy atom. The van der Waals surface area contributed by atoms with E-state index >= 15 is 0 Å². The van der Waals surface area contributed by atoms with E-state index in [2.05, 4.69) is 5.32 Å². The molecule has 0 aromatic rings. The van der Waals surface area contributed by atoms with E-state index in [0.717, 1.165) is 0 Å². The van der Waals surface area contributed by atoms with Crippen molar-refractivity contribution in [2.24, 2.45) is 0 Å². The van der Waals surface area contributed by atoms with E-state index in [4.69, 9.17) is 0 Å². The Kier molecular flexibility index (Phi) is 4.40. The van der Waals surface area contributed by atoms with Gasteiger partial charge in [0.15, 0.2) is 0 Å². The molecule has 9 heavy (non-hydrogen) atoms. The lowest BCUT2D eigenvalue weighted by Gasteiger charge is -1.90. The molecule has 0 radical (unpaired) electrons. The topological polar surface area (TPSA) is 46.2 Å². The minimum atomic E-state index is -0.232. The van der Waals surface area contributed by atoms with Gasteiger partial charge in [-0.25, -0.2) is 0 Å². The first-order chi connectivity index (χ1) is 4.31. The van der Waals surface area contributed by atoms with Gasteiger partial charge in [-0.15, -0.1) is 0 Å². The Bertz CT molecular complexity index is 129. The molecule has 0 aromatic carbocycles. The molecule has 0 spiro atoms. The fourth-order valence-electron chi connectivity index (χ4n) is 0.353. The summed E-state index contributed by atoms with van der Waals surface area (Å²) in [6.07, 6.45) is 3.62. The van der Waals surface area contributed by atoms with Crippen LogP contribution >= 0.6 is 0 Å². The standard InChI is InChI=1S/C6H9NO2/c1-2-3-6(9)7-4-5-8/h2-3,5H,4H2,1H3,(H,7,9)/b3-2+. The average Bonchev–Trinajstić information content (AvgIpc) is 1.85. The summed E-state index contributed by atoms with van der Waals surface area (Å²) in [7, 11) is 0. The summed E-state index contributed by atoms with van der Waals surface area (Å²) in [5.41, 5.74) is 0. The smallest absolute Gasteiger partial charge is 0.244 e. The molecule has 0 heterocycles. The second-order valence-electron chi connectivity index (χ2n) is 1.41. The van der Waals surface area contributed by atoms with Crippen molar-refractivity contribution in [2.45, 2.75) is 6.92 Å². The maximum absolute atomic E-state index is 10.4. The Morgan fingerprint density at radius 3 is 2.78 bits per heavy atom. The van der Waals surface area contributed by atoms with E-state index in [-0.39, 0.29) is 12.5 Å². The predicted octanol–water partition coefficient (Wildman–Crippen LogP) is -0.122. The molecule has 0 aromatic heterocycles. The van der Waals surface area contributed by atoms with Gasteiger partial charge < -0.3 is 10.1 Å². The SMILES string of the molecule is C/C=C/C(=O)NCC=O. The molecule has 0 bridgehead atoms. The molecule has 0 fully saturated rings. The lowest BCUT2D eigenvalue weighted by atomic mass is 10.5. The predicted molar refractivity (Wildman–Crippen MR) is 33.9 cm³/mol. The first-order valence-electron chi connectivity index (χ1n) is 2.65. The molecule has 0 rings (SSSR count). The largest absolute Gasteiger partial charge is 0.346 e. The minimum Gasteiger partial charge on any atom is -0.346 e. The van der Waals surface area contributed by atoms with Gasteiger partial charge in [0.05, 0.1) is 6.54 Å². The Labute approximate surface area is 53.7 Å². The molecule has 1 amide bonds. The fourth-order valence-corrected chi connectivity index (χ4v) is 0.353. The number of hydrogen-bond acceptors (Lipinski definition) is 2. The van der Waals surface area contributed by atoms with Crippen LogP contribution in [-0.4, -0.2) is 18.7 Å². The highest BCUT2D eigenvalue weighted by Crippen LogP contribution is 1.68. The minimum absolute atomic E-state index is 0.0865. The normalized spacial score (nSPS) is 9.44. The number of nitrogens with one attached hydrogen (secondary N) is 1. The molecular formula is C6H9NO2. The molecule has 1 N–H and O–H groups in total. The van der Waals surface area contributed by atoms with Crippen molar-refractivity contribution in [2.75, 3.05) is 6.54 Å². The lowest BCUT2D eigenvalue weighted by molar-refractivity contribution is -0.118. The Balaban J connectivity index is 3.38. The van der Waals surface area contributed by atoms with Crippen LogP contribution in [0.5, 0.6) is 0 Å². The van der Waals surface area contributed by atoms with Crippen LogP contribution in [-0.2, 0) is 9.59 Å². The number of hydrogen-bond donors (Lipinski definition) is 1. The summed E-state index contributed by atoms with van der Waals surface area (Å²) < 4.78 is 0. The monoisotopic (exact) mass is 127 g/mol. The molecular weight excluding hydrogens is 118 g/mol. The molecule has 0 aliphatic heterocycles. The van der Waals surface area contributed by atoms with Crippen LogP contribution in [0.1, 0.15) is 6.92 Å². The highest BCUT2D eigenvalue weighted by molar-refractivity contribution is 5.88. The molecule has 3 heteroatoms. The van der Waals surface area contributed by atoms with E-state index in [1.807, 2.05) is 0 Å². The van der Waals surface area contributed by atoms with Crippen molar-refractivity contribution in [1.82, 2.24) is 5.32 Å². The number of rotatable bonds is 3. The van der Waals surface area contributed by atoms with Gasteiger partial charge in [-0.05, 0) is 13.0 Å². The van der Waals surface area contributed by atoms with Crippen LogP contribution < -0.4 is 5.32 Å². The number of carbonyl (C=O) groups is 2. The molecule has 0 saturated heterocycles. The van der Waals surface area contributed by atoms with Gasteiger partial charge in [0.1, 0.15) is 6.29 Å². The molecule has 0 aliphatic carbocycles. The van der Waals surface area contributed by atoms with Gasteiger partial charge >= 0.3 is 0 Å². The van der Waals surface area contributed by atoms with E-state index < -0.39 is 0 Å². The van der Waals surface area contributed by atoms with Gasteiger partial charge in [-0.3, -0.25) is 4.79 Å². The summed E-state index contributed by atoms with van der Waals surface area (Å²) in [6.45, 7) is 1.82. The van der Waals surface area contributed by atoms with E-state index in [1.54, 1.807) is 13.0 Å². The average molecular weight is 127 g/mol. The number of carbonyl (C=O) groups excluding carboxylic acids is 2. The van der Waals surface area contributed by atoms with Crippen LogP contribution in [0.2, 0.25) is 0 Å². The lowest BCUT2D eigenvalue weighted by Crippen LogP contribution is -2.22. The van der Waals surface area contributed by atoms with Crippen molar-refractivity contribution < 1.29 is 9.59 Å². The zero-order chi connectivity index (χ0) is 7.11. The number of allylic oxidation sites excluding steroid dienone is 1. The second-order valence-corrected chi connectivity index (χ2v) is 1.41. The summed E-state index contributed by atoms with van der Waals surface area (Å²) >= 11 is 0. The van der Waals surface area contributed by atoms with Gasteiger partial charge in [-0.2, -0.15) is 0 Å². The van der Waals surface area contributed by atoms with Gasteiger partial charge in [0.2, 0.25) is 5.91 Å². The maximum atomic E-state index is 10.4. The van der Waals surface area contributed by atoms with Crippen molar-refractivity contribution in [3.63, 3.8) is 0 Å². The number of aldehydes is 1. The molecule has 0 atom stereocenters.